The van der Waals surface area contributed by atoms with Crippen molar-refractivity contribution in [3.8, 4) is 0 Å². The van der Waals surface area contributed by atoms with Crippen LogP contribution in [0.25, 0.3) is 0 Å². The lowest BCUT2D eigenvalue weighted by molar-refractivity contribution is 0.746. The second kappa shape index (κ2) is 5.69. The Labute approximate surface area is 125 Å². The van der Waals surface area contributed by atoms with E-state index >= 15 is 0 Å². The summed E-state index contributed by atoms with van der Waals surface area (Å²) in [6.45, 7) is 4.15. The zero-order valence-electron chi connectivity index (χ0n) is 12.4. The van der Waals surface area contributed by atoms with Crippen LogP contribution in [0.2, 0.25) is 0 Å². The Kier molecular flexibility index (Phi) is 3.75. The molecule has 1 aliphatic rings. The molecule has 0 saturated heterocycles. The quantitative estimate of drug-likeness (QED) is 0.593. The summed E-state index contributed by atoms with van der Waals surface area (Å²) in [5, 5.41) is 3.51. The van der Waals surface area contributed by atoms with Crippen LogP contribution in [-0.4, -0.2) is 16.0 Å². The number of benzene rings is 1. The fourth-order valence-corrected chi connectivity index (χ4v) is 2.74. The molecule has 0 bridgehead atoms. The highest BCUT2D eigenvalue weighted by Gasteiger charge is 2.21. The van der Waals surface area contributed by atoms with Gasteiger partial charge in [0.25, 0.3) is 0 Å². The highest BCUT2D eigenvalue weighted by molar-refractivity contribution is 5.49. The van der Waals surface area contributed by atoms with Gasteiger partial charge in [0.1, 0.15) is 17.5 Å². The van der Waals surface area contributed by atoms with Crippen molar-refractivity contribution in [3.05, 3.63) is 47.3 Å². The predicted octanol–water partition coefficient (Wildman–Crippen LogP) is 2.46. The topological polar surface area (TPSA) is 75.9 Å². The monoisotopic (exact) mass is 283 g/mol. The molecule has 0 radical (unpaired) electrons. The summed E-state index contributed by atoms with van der Waals surface area (Å²) in [6.07, 6.45) is 2.06. The van der Waals surface area contributed by atoms with Crippen molar-refractivity contribution >= 4 is 11.6 Å². The zero-order valence-corrected chi connectivity index (χ0v) is 12.4. The van der Waals surface area contributed by atoms with Crippen molar-refractivity contribution in [2.75, 3.05) is 10.7 Å². The van der Waals surface area contributed by atoms with Crippen LogP contribution in [0.5, 0.6) is 0 Å². The summed E-state index contributed by atoms with van der Waals surface area (Å²) in [7, 11) is 0. The average molecular weight is 283 g/mol. The molecule has 110 valence electrons. The van der Waals surface area contributed by atoms with Crippen LogP contribution in [0.1, 0.15) is 36.7 Å². The molecular weight excluding hydrogens is 262 g/mol. The van der Waals surface area contributed by atoms with Gasteiger partial charge >= 0.3 is 0 Å². The first-order chi connectivity index (χ1) is 10.2. The van der Waals surface area contributed by atoms with Gasteiger partial charge in [-0.15, -0.1) is 0 Å². The highest BCUT2D eigenvalue weighted by atomic mass is 15.3. The average Bonchev–Trinajstić information content (AvgIpc) is 2.88. The van der Waals surface area contributed by atoms with E-state index in [0.717, 1.165) is 24.5 Å². The van der Waals surface area contributed by atoms with Gasteiger partial charge in [0.15, 0.2) is 0 Å². The van der Waals surface area contributed by atoms with E-state index in [0.29, 0.717) is 11.9 Å². The van der Waals surface area contributed by atoms with Crippen LogP contribution in [-0.2, 0) is 12.8 Å². The van der Waals surface area contributed by atoms with Crippen molar-refractivity contribution in [2.24, 2.45) is 5.84 Å². The van der Waals surface area contributed by atoms with Crippen molar-refractivity contribution in [2.45, 2.75) is 38.6 Å². The summed E-state index contributed by atoms with van der Waals surface area (Å²) < 4.78 is 0. The molecule has 0 spiro atoms. The third-order valence-corrected chi connectivity index (χ3v) is 3.81. The Morgan fingerprint density at radius 2 is 1.71 bits per heavy atom. The van der Waals surface area contributed by atoms with E-state index in [1.54, 1.807) is 0 Å². The molecule has 2 aromatic rings. The number of nitrogens with zero attached hydrogens (tertiary/aromatic N) is 2. The Morgan fingerprint density at radius 3 is 2.29 bits per heavy atom. The minimum Gasteiger partial charge on any atom is -0.366 e. The second-order valence-corrected chi connectivity index (χ2v) is 5.81. The van der Waals surface area contributed by atoms with E-state index in [1.165, 1.54) is 11.1 Å². The molecule has 1 aromatic heterocycles. The number of nitrogen functional groups attached to an aromatic ring is 1. The van der Waals surface area contributed by atoms with Crippen LogP contribution in [0, 0.1) is 0 Å². The molecule has 0 amide bonds. The molecule has 0 unspecified atom stereocenters. The molecule has 1 aromatic carbocycles. The Hall–Kier alpha value is -2.14. The Balaban J connectivity index is 1.78. The molecule has 0 fully saturated rings. The largest absolute Gasteiger partial charge is 0.366 e. The predicted molar refractivity (Wildman–Crippen MR) is 85.2 cm³/mol. The molecular formula is C16H21N5. The summed E-state index contributed by atoms with van der Waals surface area (Å²) in [5.41, 5.74) is 5.46. The van der Waals surface area contributed by atoms with Crippen molar-refractivity contribution in [1.29, 1.82) is 0 Å². The van der Waals surface area contributed by atoms with Crippen molar-refractivity contribution in [3.63, 3.8) is 0 Å². The number of hydrazine groups is 1. The maximum atomic E-state index is 5.50. The van der Waals surface area contributed by atoms with Gasteiger partial charge in [0.05, 0.1) is 0 Å². The first kappa shape index (κ1) is 13.8. The molecule has 4 N–H and O–H groups in total. The van der Waals surface area contributed by atoms with Crippen molar-refractivity contribution in [1.82, 2.24) is 9.97 Å². The summed E-state index contributed by atoms with van der Waals surface area (Å²) in [6, 6.07) is 10.8. The summed E-state index contributed by atoms with van der Waals surface area (Å²) >= 11 is 0. The fourth-order valence-electron chi connectivity index (χ4n) is 2.74. The van der Waals surface area contributed by atoms with E-state index in [1.807, 2.05) is 6.07 Å². The third kappa shape index (κ3) is 2.97. The number of fused-ring (bicyclic) bond motifs is 1. The van der Waals surface area contributed by atoms with E-state index in [-0.39, 0.29) is 5.92 Å². The number of nitrogens with two attached hydrogens (primary N) is 1. The summed E-state index contributed by atoms with van der Waals surface area (Å²) in [4.78, 5) is 8.97. The zero-order chi connectivity index (χ0) is 14.8. The van der Waals surface area contributed by atoms with Gasteiger partial charge in [-0.25, -0.2) is 15.8 Å². The number of hydrogen-bond acceptors (Lipinski definition) is 5. The lowest BCUT2D eigenvalue weighted by Gasteiger charge is -2.15. The van der Waals surface area contributed by atoms with Crippen LogP contribution in [0.4, 0.5) is 11.6 Å². The molecule has 21 heavy (non-hydrogen) atoms. The van der Waals surface area contributed by atoms with Gasteiger partial charge in [-0.05, 0) is 24.0 Å². The molecule has 3 rings (SSSR count). The van der Waals surface area contributed by atoms with Crippen LogP contribution in [0.3, 0.4) is 0 Å². The number of aromatic nitrogens is 2. The van der Waals surface area contributed by atoms with Crippen molar-refractivity contribution < 1.29 is 0 Å². The number of anilines is 2. The maximum Gasteiger partial charge on any atom is 0.145 e. The van der Waals surface area contributed by atoms with Gasteiger partial charge in [-0.2, -0.15) is 0 Å². The Morgan fingerprint density at radius 1 is 1.10 bits per heavy atom. The molecule has 0 saturated carbocycles. The maximum absolute atomic E-state index is 5.50. The van der Waals surface area contributed by atoms with E-state index in [9.17, 15) is 0 Å². The lowest BCUT2D eigenvalue weighted by Crippen LogP contribution is -2.21. The third-order valence-electron chi connectivity index (χ3n) is 3.81. The fraction of sp³-hybridized carbons (Fsp3) is 0.375. The minimum atomic E-state index is 0.264. The highest BCUT2D eigenvalue weighted by Crippen LogP contribution is 2.25. The van der Waals surface area contributed by atoms with Gasteiger partial charge in [-0.3, -0.25) is 0 Å². The molecule has 1 heterocycles. The molecule has 0 atom stereocenters. The van der Waals surface area contributed by atoms with Gasteiger partial charge < -0.3 is 10.7 Å². The first-order valence-electron chi connectivity index (χ1n) is 7.34. The number of rotatable bonds is 4. The van der Waals surface area contributed by atoms with Gasteiger partial charge in [0, 0.05) is 18.0 Å². The normalized spacial score (nSPS) is 14.3. The standard InChI is InChI=1S/C16H21N5/c1-10(2)16-19-14(9-15(20-16)21-17)18-13-7-11-5-3-4-6-12(11)8-13/h3-6,9-10,13H,7-8,17H2,1-2H3,(H2,18,19,20,21). The van der Waals surface area contributed by atoms with E-state index in [2.05, 4.69) is 58.8 Å². The number of hydrogen-bond donors (Lipinski definition) is 3. The van der Waals surface area contributed by atoms with E-state index in [4.69, 9.17) is 5.84 Å². The van der Waals surface area contributed by atoms with Gasteiger partial charge in [0.2, 0.25) is 0 Å². The molecule has 1 aliphatic carbocycles. The Bertz CT molecular complexity index is 613. The minimum absolute atomic E-state index is 0.264. The van der Waals surface area contributed by atoms with Crippen LogP contribution in [0.15, 0.2) is 30.3 Å². The molecule has 5 nitrogen and oxygen atoms in total. The number of nitrogens with one attached hydrogen (secondary N) is 2. The van der Waals surface area contributed by atoms with Crippen LogP contribution < -0.4 is 16.6 Å². The molecule has 5 heteroatoms. The smallest absolute Gasteiger partial charge is 0.145 e. The first-order valence-corrected chi connectivity index (χ1v) is 7.34. The van der Waals surface area contributed by atoms with Gasteiger partial charge in [-0.1, -0.05) is 38.1 Å². The van der Waals surface area contributed by atoms with Crippen LogP contribution >= 0.6 is 0 Å². The second-order valence-electron chi connectivity index (χ2n) is 5.81. The SMILES string of the molecule is CC(C)c1nc(NN)cc(NC2Cc3ccccc3C2)n1. The van der Waals surface area contributed by atoms with E-state index < -0.39 is 0 Å². The lowest BCUT2D eigenvalue weighted by atomic mass is 10.1. The molecule has 0 aliphatic heterocycles. The summed E-state index contributed by atoms with van der Waals surface area (Å²) in [5.74, 6) is 8.03.